The van der Waals surface area contributed by atoms with Crippen molar-refractivity contribution < 1.29 is 8.83 Å². The zero-order valence-corrected chi connectivity index (χ0v) is 36.9. The van der Waals surface area contributed by atoms with E-state index in [-0.39, 0.29) is 0 Å². The molecule has 0 N–H and O–H groups in total. The molecule has 0 saturated heterocycles. The molecule has 0 atom stereocenters. The number of thiophene rings is 1. The van der Waals surface area contributed by atoms with Crippen LogP contribution >= 0.6 is 11.3 Å². The highest BCUT2D eigenvalue weighted by molar-refractivity contribution is 7.26. The van der Waals surface area contributed by atoms with E-state index in [1.54, 1.807) is 11.3 Å². The van der Waals surface area contributed by atoms with Gasteiger partial charge in [-0.15, -0.1) is 11.3 Å². The summed E-state index contributed by atoms with van der Waals surface area (Å²) in [5.74, 6) is 0.636. The summed E-state index contributed by atoms with van der Waals surface area (Å²) >= 11 is 1.79. The molecule has 16 rings (SSSR count). The van der Waals surface area contributed by atoms with Crippen LogP contribution in [0.15, 0.2) is 209 Å². The Bertz CT molecular complexity index is 4800. The third-order valence-corrected chi connectivity index (χ3v) is 15.5. The molecule has 5 aromatic heterocycles. The smallest absolute Gasteiger partial charge is 0.161 e. The summed E-state index contributed by atoms with van der Waals surface area (Å²) in [6, 6.07) is 71.8. The van der Waals surface area contributed by atoms with Crippen molar-refractivity contribution in [3.63, 3.8) is 0 Å². The maximum absolute atomic E-state index is 6.68. The Morgan fingerprint density at radius 2 is 1.06 bits per heavy atom. The topological polar surface area (TPSA) is 57.0 Å². The molecule has 0 aliphatic carbocycles. The highest BCUT2D eigenvalue weighted by atomic mass is 32.1. The van der Waals surface area contributed by atoms with Gasteiger partial charge in [0.1, 0.15) is 22.3 Å². The molecular weight excluding hydrogens is 851 g/mol. The van der Waals surface area contributed by atoms with Gasteiger partial charge in [0.05, 0.1) is 22.4 Å². The van der Waals surface area contributed by atoms with Crippen LogP contribution in [0.4, 0.5) is 0 Å². The molecule has 0 amide bonds. The summed E-state index contributed by atoms with van der Waals surface area (Å²) in [6.45, 7) is 0. The SMILES string of the molecule is c1cc2ccc3cc4c(c5ccc(c1)c2c35)c1ccccc1n4-c1cc(-c2nc(-c3ccc4c(c3)oc3ccccc34)cc(-c3cccc4c3oc3ccccc34)n2)c2sc3ccccc3c2c1. The predicted molar refractivity (Wildman–Crippen MR) is 284 cm³/mol. The van der Waals surface area contributed by atoms with Crippen LogP contribution in [0.2, 0.25) is 0 Å². The van der Waals surface area contributed by atoms with E-state index in [0.29, 0.717) is 5.82 Å². The second kappa shape index (κ2) is 13.4. The fourth-order valence-electron chi connectivity index (χ4n) is 11.3. The number of nitrogens with zero attached hydrogens (tertiary/aromatic N) is 3. The van der Waals surface area contributed by atoms with Crippen molar-refractivity contribution >= 4 is 130 Å². The van der Waals surface area contributed by atoms with Gasteiger partial charge in [-0.05, 0) is 99.0 Å². The van der Waals surface area contributed by atoms with Crippen LogP contribution in [-0.4, -0.2) is 14.5 Å². The Hall–Kier alpha value is -8.84. The lowest BCUT2D eigenvalue weighted by molar-refractivity contribution is 0.669. The second-order valence-electron chi connectivity index (χ2n) is 18.0. The molecular formula is C62H33N3O2S. The van der Waals surface area contributed by atoms with E-state index in [2.05, 4.69) is 180 Å². The molecule has 0 saturated carbocycles. The van der Waals surface area contributed by atoms with Crippen LogP contribution in [-0.2, 0) is 0 Å². The first kappa shape index (κ1) is 36.4. The van der Waals surface area contributed by atoms with Crippen LogP contribution in [0, 0.1) is 0 Å². The molecule has 0 fully saturated rings. The average Bonchev–Trinajstić information content (AvgIpc) is 4.16. The Morgan fingerprint density at radius 1 is 0.382 bits per heavy atom. The lowest BCUT2D eigenvalue weighted by Gasteiger charge is -2.15. The fourth-order valence-corrected chi connectivity index (χ4v) is 12.5. The zero-order valence-electron chi connectivity index (χ0n) is 36.1. The van der Waals surface area contributed by atoms with Crippen molar-refractivity contribution in [2.75, 3.05) is 0 Å². The predicted octanol–water partition coefficient (Wildman–Crippen LogP) is 17.6. The van der Waals surface area contributed by atoms with Crippen molar-refractivity contribution in [2.45, 2.75) is 0 Å². The molecule has 5 heterocycles. The van der Waals surface area contributed by atoms with Crippen LogP contribution in [0.5, 0.6) is 0 Å². The number of benzene rings is 11. The lowest BCUT2D eigenvalue weighted by atomic mass is 9.92. The summed E-state index contributed by atoms with van der Waals surface area (Å²) in [7, 11) is 0. The standard InChI is InChI=1S/C62H33N3O2S/c1-5-19-51-45(16-1)59-46-28-25-35-12-9-11-34-23-24-37(58(46)57(34)35)29-52(59)65(51)38-31-47-42-15-4-8-22-56(42)68-61(47)48(32-38)62-63-49(36-26-27-41-39-13-2-6-20-53(39)66-55(41)30-36)33-50(64-62)44-18-10-17-43-40-14-3-7-21-54(40)67-60(43)44/h1-33H. The molecule has 0 aliphatic heterocycles. The van der Waals surface area contributed by atoms with Crippen molar-refractivity contribution in [3.05, 3.63) is 200 Å². The minimum absolute atomic E-state index is 0.636. The highest BCUT2D eigenvalue weighted by Gasteiger charge is 2.24. The largest absolute Gasteiger partial charge is 0.456 e. The van der Waals surface area contributed by atoms with Gasteiger partial charge in [-0.1, -0.05) is 133 Å². The fraction of sp³-hybridized carbons (Fsp3) is 0. The molecule has 0 radical (unpaired) electrons. The van der Waals surface area contributed by atoms with Gasteiger partial charge in [-0.25, -0.2) is 9.97 Å². The number of rotatable bonds is 4. The Labute approximate surface area is 390 Å². The summed E-state index contributed by atoms with van der Waals surface area (Å²) in [5, 5.41) is 16.8. The van der Waals surface area contributed by atoms with E-state index in [4.69, 9.17) is 18.8 Å². The first-order chi connectivity index (χ1) is 33.7. The van der Waals surface area contributed by atoms with Gasteiger partial charge in [0.2, 0.25) is 0 Å². The number of para-hydroxylation sites is 4. The van der Waals surface area contributed by atoms with E-state index >= 15 is 0 Å². The molecule has 68 heavy (non-hydrogen) atoms. The van der Waals surface area contributed by atoms with Gasteiger partial charge in [0, 0.05) is 74.9 Å². The average molecular weight is 884 g/mol. The third kappa shape index (κ3) is 4.99. The number of furan rings is 2. The van der Waals surface area contributed by atoms with E-state index in [1.165, 1.54) is 58.6 Å². The summed E-state index contributed by atoms with van der Waals surface area (Å²) in [5.41, 5.74) is 11.1. The summed E-state index contributed by atoms with van der Waals surface area (Å²) in [6.07, 6.45) is 0. The van der Waals surface area contributed by atoms with Crippen LogP contribution in [0.1, 0.15) is 0 Å². The summed E-state index contributed by atoms with van der Waals surface area (Å²) < 4.78 is 17.9. The van der Waals surface area contributed by atoms with Crippen molar-refractivity contribution in [2.24, 2.45) is 0 Å². The van der Waals surface area contributed by atoms with Crippen molar-refractivity contribution in [1.29, 1.82) is 0 Å². The minimum Gasteiger partial charge on any atom is -0.456 e. The summed E-state index contributed by atoms with van der Waals surface area (Å²) in [4.78, 5) is 11.1. The van der Waals surface area contributed by atoms with E-state index < -0.39 is 0 Å². The molecule has 0 bridgehead atoms. The second-order valence-corrected chi connectivity index (χ2v) is 19.1. The van der Waals surface area contributed by atoms with E-state index in [1.807, 2.05) is 24.3 Å². The van der Waals surface area contributed by atoms with Crippen molar-refractivity contribution in [1.82, 2.24) is 14.5 Å². The molecule has 11 aromatic carbocycles. The molecule has 0 spiro atoms. The maximum Gasteiger partial charge on any atom is 0.161 e. The number of hydrogen-bond acceptors (Lipinski definition) is 5. The Morgan fingerprint density at radius 3 is 1.94 bits per heavy atom. The molecule has 0 unspecified atom stereocenters. The first-order valence-corrected chi connectivity index (χ1v) is 23.8. The normalized spacial score (nSPS) is 12.4. The minimum atomic E-state index is 0.636. The maximum atomic E-state index is 6.68. The van der Waals surface area contributed by atoms with Gasteiger partial charge in [0.25, 0.3) is 0 Å². The van der Waals surface area contributed by atoms with E-state index in [0.717, 1.165) is 93.4 Å². The van der Waals surface area contributed by atoms with Crippen LogP contribution < -0.4 is 0 Å². The highest BCUT2D eigenvalue weighted by Crippen LogP contribution is 2.47. The third-order valence-electron chi connectivity index (χ3n) is 14.3. The lowest BCUT2D eigenvalue weighted by Crippen LogP contribution is -1.99. The van der Waals surface area contributed by atoms with Crippen molar-refractivity contribution in [3.8, 4) is 39.6 Å². The Kier molecular flexibility index (Phi) is 7.16. The molecule has 5 nitrogen and oxygen atoms in total. The van der Waals surface area contributed by atoms with Crippen LogP contribution in [0.3, 0.4) is 0 Å². The van der Waals surface area contributed by atoms with Gasteiger partial charge in [0.15, 0.2) is 5.82 Å². The van der Waals surface area contributed by atoms with E-state index in [9.17, 15) is 0 Å². The molecule has 16 aromatic rings. The van der Waals surface area contributed by atoms with Gasteiger partial charge in [-0.2, -0.15) is 0 Å². The molecule has 6 heteroatoms. The molecule has 314 valence electrons. The number of fused-ring (bicyclic) bond motifs is 13. The van der Waals surface area contributed by atoms with Gasteiger partial charge >= 0.3 is 0 Å². The number of aromatic nitrogens is 3. The van der Waals surface area contributed by atoms with Gasteiger partial charge < -0.3 is 13.4 Å². The quantitative estimate of drug-likeness (QED) is 0.165. The first-order valence-electron chi connectivity index (χ1n) is 23.0. The monoisotopic (exact) mass is 883 g/mol. The number of hydrogen-bond donors (Lipinski definition) is 0. The molecule has 0 aliphatic rings. The van der Waals surface area contributed by atoms with Gasteiger partial charge in [-0.3, -0.25) is 0 Å². The zero-order chi connectivity index (χ0) is 44.2. The Balaban J connectivity index is 1.01. The van der Waals surface area contributed by atoms with Crippen LogP contribution in [0.25, 0.3) is 158 Å².